The molecule has 1 unspecified atom stereocenters. The van der Waals surface area contributed by atoms with Crippen LogP contribution in [-0.2, 0) is 6.42 Å². The Kier molecular flexibility index (Phi) is 7.69. The maximum Gasteiger partial charge on any atom is 0.172 e. The number of carbonyl (C=O) groups excluding carboxylic acids is 1. The average Bonchev–Trinajstić information content (AvgIpc) is 3.06. The molecule has 5 heteroatoms. The number of aliphatic hydroxyl groups is 1. The molecule has 1 aromatic heterocycles. The van der Waals surface area contributed by atoms with Crippen LogP contribution >= 0.6 is 23.1 Å². The highest BCUT2D eigenvalue weighted by Gasteiger charge is 2.17. The van der Waals surface area contributed by atoms with Crippen molar-refractivity contribution < 1.29 is 9.90 Å². The Hall–Kier alpha value is -1.14. The van der Waals surface area contributed by atoms with E-state index in [0.717, 1.165) is 28.3 Å². The summed E-state index contributed by atoms with van der Waals surface area (Å²) in [5, 5.41) is 9.21. The summed E-state index contributed by atoms with van der Waals surface area (Å²) in [7, 11) is 0. The number of hydrogen-bond donors (Lipinski definition) is 2. The number of thioether (sulfide) groups is 1. The molecule has 1 heterocycles. The lowest BCUT2D eigenvalue weighted by molar-refractivity contribution is 0.0986. The monoisotopic (exact) mass is 377 g/mol. The lowest BCUT2D eigenvalue weighted by Crippen LogP contribution is -2.40. The first kappa shape index (κ1) is 20.2. The van der Waals surface area contributed by atoms with Gasteiger partial charge in [0.05, 0.1) is 11.5 Å². The van der Waals surface area contributed by atoms with Crippen molar-refractivity contribution in [1.82, 2.24) is 0 Å². The van der Waals surface area contributed by atoms with Gasteiger partial charge in [-0.25, -0.2) is 0 Å². The zero-order valence-corrected chi connectivity index (χ0v) is 16.6. The summed E-state index contributed by atoms with van der Waals surface area (Å²) < 4.78 is 0. The van der Waals surface area contributed by atoms with Gasteiger partial charge in [-0.2, -0.15) is 0 Å². The van der Waals surface area contributed by atoms with Gasteiger partial charge in [0.2, 0.25) is 0 Å². The molecular weight excluding hydrogens is 350 g/mol. The van der Waals surface area contributed by atoms with Crippen molar-refractivity contribution in [2.45, 2.75) is 50.0 Å². The molecule has 0 amide bonds. The second-order valence-corrected chi connectivity index (χ2v) is 9.11. The highest BCUT2D eigenvalue weighted by atomic mass is 32.2. The smallest absolute Gasteiger partial charge is 0.172 e. The molecule has 1 atom stereocenters. The van der Waals surface area contributed by atoms with Gasteiger partial charge in [-0.05, 0) is 63.1 Å². The number of Topliss-reactive ketones (excluding diaryl/α,β-unsaturated/α-hetero) is 1. The largest absolute Gasteiger partial charge is 0.394 e. The third kappa shape index (κ3) is 6.94. The molecule has 0 saturated heterocycles. The van der Waals surface area contributed by atoms with E-state index in [1.54, 1.807) is 23.1 Å². The number of thiophene rings is 1. The van der Waals surface area contributed by atoms with E-state index in [0.29, 0.717) is 12.8 Å². The second-order valence-electron chi connectivity index (χ2n) is 6.77. The highest BCUT2D eigenvalue weighted by molar-refractivity contribution is 7.99. The van der Waals surface area contributed by atoms with Gasteiger partial charge in [0.1, 0.15) is 0 Å². The van der Waals surface area contributed by atoms with Gasteiger partial charge < -0.3 is 10.8 Å². The minimum Gasteiger partial charge on any atom is -0.394 e. The van der Waals surface area contributed by atoms with Crippen LogP contribution in [0.3, 0.4) is 0 Å². The number of rotatable bonds is 10. The maximum absolute atomic E-state index is 12.3. The summed E-state index contributed by atoms with van der Waals surface area (Å²) in [5.74, 6) is 1.17. The third-order valence-corrected chi connectivity index (χ3v) is 6.31. The normalized spacial score (nSPS) is 13.6. The molecule has 0 radical (unpaired) electrons. The number of aryl methyl sites for hydroxylation is 2. The van der Waals surface area contributed by atoms with Crippen molar-refractivity contribution in [3.05, 3.63) is 51.7 Å². The Labute approximate surface area is 158 Å². The Morgan fingerprint density at radius 1 is 1.32 bits per heavy atom. The van der Waals surface area contributed by atoms with Crippen molar-refractivity contribution >= 4 is 28.9 Å². The van der Waals surface area contributed by atoms with Crippen LogP contribution in [-0.4, -0.2) is 28.8 Å². The summed E-state index contributed by atoms with van der Waals surface area (Å²) >= 11 is 3.36. The van der Waals surface area contributed by atoms with Crippen molar-refractivity contribution in [2.75, 3.05) is 12.4 Å². The predicted octanol–water partition coefficient (Wildman–Crippen LogP) is 4.45. The minimum atomic E-state index is -0.554. The van der Waals surface area contributed by atoms with E-state index in [9.17, 15) is 9.90 Å². The Bertz CT molecular complexity index is 695. The van der Waals surface area contributed by atoms with E-state index in [1.165, 1.54) is 10.5 Å². The minimum absolute atomic E-state index is 0.0250. The van der Waals surface area contributed by atoms with E-state index in [2.05, 4.69) is 31.2 Å². The summed E-state index contributed by atoms with van der Waals surface area (Å²) in [6, 6.07) is 12.4. The third-order valence-electron chi connectivity index (χ3n) is 4.05. The van der Waals surface area contributed by atoms with Crippen LogP contribution in [0.4, 0.5) is 0 Å². The molecule has 0 aliphatic carbocycles. The first-order valence-electron chi connectivity index (χ1n) is 8.61. The van der Waals surface area contributed by atoms with Gasteiger partial charge in [-0.15, -0.1) is 23.1 Å². The van der Waals surface area contributed by atoms with E-state index >= 15 is 0 Å². The molecule has 0 fully saturated rings. The molecule has 3 N–H and O–H groups in total. The molecule has 1 aromatic carbocycles. The van der Waals surface area contributed by atoms with Crippen LogP contribution in [0.25, 0.3) is 0 Å². The topological polar surface area (TPSA) is 63.3 Å². The Balaban J connectivity index is 1.74. The molecule has 3 nitrogen and oxygen atoms in total. The highest BCUT2D eigenvalue weighted by Crippen LogP contribution is 2.24. The quantitative estimate of drug-likeness (QED) is 0.365. The predicted molar refractivity (Wildman–Crippen MR) is 108 cm³/mol. The molecule has 2 rings (SSSR count). The number of benzene rings is 1. The van der Waals surface area contributed by atoms with E-state index in [4.69, 9.17) is 5.73 Å². The van der Waals surface area contributed by atoms with Crippen LogP contribution in [0, 0.1) is 6.92 Å². The van der Waals surface area contributed by atoms with Crippen molar-refractivity contribution in [2.24, 2.45) is 5.73 Å². The second kappa shape index (κ2) is 9.53. The molecule has 0 aliphatic heterocycles. The number of carbonyl (C=O) groups is 1. The van der Waals surface area contributed by atoms with Crippen LogP contribution in [0.2, 0.25) is 0 Å². The van der Waals surface area contributed by atoms with Crippen LogP contribution in [0.5, 0.6) is 0 Å². The van der Waals surface area contributed by atoms with Crippen molar-refractivity contribution in [3.63, 3.8) is 0 Å². The van der Waals surface area contributed by atoms with Gasteiger partial charge in [-0.1, -0.05) is 17.7 Å². The fourth-order valence-electron chi connectivity index (χ4n) is 2.40. The van der Waals surface area contributed by atoms with Gasteiger partial charge in [0.15, 0.2) is 5.78 Å². The molecule has 0 spiro atoms. The number of aliphatic hydroxyl groups excluding tert-OH is 1. The lowest BCUT2D eigenvalue weighted by atomic mass is 9.98. The summed E-state index contributed by atoms with van der Waals surface area (Å²) in [5.41, 5.74) is 6.67. The molecule has 2 aromatic rings. The van der Waals surface area contributed by atoms with Crippen LogP contribution in [0.1, 0.15) is 46.3 Å². The van der Waals surface area contributed by atoms with E-state index in [-0.39, 0.29) is 12.4 Å². The first-order chi connectivity index (χ1) is 11.9. The van der Waals surface area contributed by atoms with Crippen molar-refractivity contribution in [3.8, 4) is 0 Å². The Morgan fingerprint density at radius 3 is 2.84 bits per heavy atom. The van der Waals surface area contributed by atoms with Crippen LogP contribution in [0.15, 0.2) is 41.3 Å². The first-order valence-corrected chi connectivity index (χ1v) is 10.4. The number of nitrogens with two attached hydrogens (primary N) is 1. The molecule has 0 saturated carbocycles. The fourth-order valence-corrected chi connectivity index (χ4v) is 4.34. The lowest BCUT2D eigenvalue weighted by Gasteiger charge is -2.20. The summed E-state index contributed by atoms with van der Waals surface area (Å²) in [6.07, 6.45) is 2.99. The van der Waals surface area contributed by atoms with Crippen molar-refractivity contribution in [1.29, 1.82) is 0 Å². The zero-order chi connectivity index (χ0) is 18.3. The average molecular weight is 378 g/mol. The van der Waals surface area contributed by atoms with Gasteiger partial charge in [-0.3, -0.25) is 4.79 Å². The molecule has 25 heavy (non-hydrogen) atoms. The Morgan fingerprint density at radius 2 is 2.12 bits per heavy atom. The molecule has 0 aliphatic rings. The number of ketones is 1. The van der Waals surface area contributed by atoms with E-state index in [1.807, 2.05) is 19.1 Å². The van der Waals surface area contributed by atoms with Crippen LogP contribution < -0.4 is 5.73 Å². The SMILES string of the molecule is Cc1cccc(SCCCC(=O)c2ccc(CCC(C)(N)CO)s2)c1. The van der Waals surface area contributed by atoms with Gasteiger partial charge >= 0.3 is 0 Å². The fraction of sp³-hybridized carbons (Fsp3) is 0.450. The standard InChI is InChI=1S/C20H27NO2S2/c1-15-5-3-6-17(13-15)24-12-4-7-18(23)19-9-8-16(25-19)10-11-20(2,21)14-22/h3,5-6,8-9,13,22H,4,7,10-12,14,21H2,1-2H3. The molecule has 136 valence electrons. The maximum atomic E-state index is 12.3. The summed E-state index contributed by atoms with van der Waals surface area (Å²) in [6.45, 7) is 3.91. The zero-order valence-electron chi connectivity index (χ0n) is 15.0. The van der Waals surface area contributed by atoms with Gasteiger partial charge in [0, 0.05) is 21.7 Å². The number of hydrogen-bond acceptors (Lipinski definition) is 5. The van der Waals surface area contributed by atoms with Gasteiger partial charge in [0.25, 0.3) is 0 Å². The molecular formula is C20H27NO2S2. The molecule has 0 bridgehead atoms. The van der Waals surface area contributed by atoms with E-state index < -0.39 is 5.54 Å². The summed E-state index contributed by atoms with van der Waals surface area (Å²) in [4.78, 5) is 15.6.